The molecule has 2 heterocycles. The van der Waals surface area contributed by atoms with Crippen LogP contribution >= 0.6 is 0 Å². The summed E-state index contributed by atoms with van der Waals surface area (Å²) in [6, 6.07) is 4.88. The van der Waals surface area contributed by atoms with E-state index in [9.17, 15) is 14.0 Å². The molecule has 1 saturated heterocycles. The lowest BCUT2D eigenvalue weighted by molar-refractivity contribution is 0.127. The highest BCUT2D eigenvalue weighted by atomic mass is 19.1. The molecule has 0 bridgehead atoms. The Hall–Kier alpha value is -3.96. The van der Waals surface area contributed by atoms with Crippen molar-refractivity contribution in [3.05, 3.63) is 42.0 Å². The zero-order valence-corrected chi connectivity index (χ0v) is 19.1. The fraction of sp³-hybridized carbons (Fsp3) is 0.409. The van der Waals surface area contributed by atoms with Gasteiger partial charge in [0.2, 0.25) is 0 Å². The number of amides is 3. The van der Waals surface area contributed by atoms with Crippen LogP contribution < -0.4 is 16.2 Å². The second-order valence-electron chi connectivity index (χ2n) is 8.04. The average molecular weight is 474 g/mol. The third-order valence-corrected chi connectivity index (χ3v) is 5.31. The van der Waals surface area contributed by atoms with Gasteiger partial charge in [0.05, 0.1) is 6.61 Å². The quantitative estimate of drug-likeness (QED) is 0.478. The van der Waals surface area contributed by atoms with Crippen molar-refractivity contribution in [2.75, 3.05) is 33.8 Å². The Labute approximate surface area is 196 Å². The van der Waals surface area contributed by atoms with E-state index in [1.807, 2.05) is 4.90 Å². The van der Waals surface area contributed by atoms with E-state index in [1.165, 1.54) is 18.5 Å². The van der Waals surface area contributed by atoms with Crippen LogP contribution in [0.5, 0.6) is 6.01 Å². The molecule has 4 N–H and O–H groups in total. The molecular weight excluding hydrogens is 445 g/mol. The maximum absolute atomic E-state index is 14.9. The summed E-state index contributed by atoms with van der Waals surface area (Å²) >= 11 is 0. The van der Waals surface area contributed by atoms with Gasteiger partial charge >= 0.3 is 18.1 Å². The van der Waals surface area contributed by atoms with Gasteiger partial charge in [0.15, 0.2) is 5.96 Å². The Morgan fingerprint density at radius 1 is 1.21 bits per heavy atom. The summed E-state index contributed by atoms with van der Waals surface area (Å²) in [4.78, 5) is 38.4. The van der Waals surface area contributed by atoms with Crippen molar-refractivity contribution in [3.63, 3.8) is 0 Å². The van der Waals surface area contributed by atoms with Crippen molar-refractivity contribution in [2.45, 2.75) is 19.4 Å². The summed E-state index contributed by atoms with van der Waals surface area (Å²) in [6.45, 7) is 1.47. The molecule has 1 aliphatic heterocycles. The number of carbonyl (C=O) groups excluding carboxylic acids is 2. The fourth-order valence-electron chi connectivity index (χ4n) is 3.49. The van der Waals surface area contributed by atoms with Gasteiger partial charge in [0, 0.05) is 56.3 Å². The van der Waals surface area contributed by atoms with E-state index in [0.29, 0.717) is 31.2 Å². The maximum Gasteiger partial charge on any atom is 0.437 e. The highest BCUT2D eigenvalue weighted by Gasteiger charge is 2.24. The number of piperidine rings is 1. The minimum Gasteiger partial charge on any atom is -0.463 e. The van der Waals surface area contributed by atoms with E-state index in [-0.39, 0.29) is 29.8 Å². The lowest BCUT2D eigenvalue weighted by atomic mass is 9.98. The number of nitrogens with zero attached hydrogens (tertiary/aromatic N) is 5. The molecule has 0 spiro atoms. The number of rotatable bonds is 6. The van der Waals surface area contributed by atoms with Crippen LogP contribution in [-0.2, 0) is 11.3 Å². The topological polar surface area (TPSA) is 149 Å². The number of ether oxygens (including phenoxy) is 2. The van der Waals surface area contributed by atoms with E-state index in [2.05, 4.69) is 15.0 Å². The standard InChI is InChI=1S/C22H28FN7O4/c1-29(2)22(32)30-8-6-14(7-9-30)12-33-20-26-10-16(11-27-20)17-5-3-4-15(18(17)23)13-34-21(31)28-19(24)25/h3-5,10-11,14H,6-9,12-13H2,1-2H3,(H4,24,25,28,31). The molecule has 2 aromatic rings. The van der Waals surface area contributed by atoms with Crippen LogP contribution in [0.25, 0.3) is 11.1 Å². The van der Waals surface area contributed by atoms with Crippen LogP contribution in [0.4, 0.5) is 14.0 Å². The largest absolute Gasteiger partial charge is 0.463 e. The van der Waals surface area contributed by atoms with Crippen molar-refractivity contribution in [1.82, 2.24) is 19.8 Å². The predicted octanol–water partition coefficient (Wildman–Crippen LogP) is 1.97. The Bertz CT molecular complexity index is 1030. The lowest BCUT2D eigenvalue weighted by Gasteiger charge is -2.33. The molecule has 0 aliphatic carbocycles. The third-order valence-electron chi connectivity index (χ3n) is 5.31. The van der Waals surface area contributed by atoms with Gasteiger partial charge in [-0.15, -0.1) is 4.99 Å². The maximum atomic E-state index is 14.9. The van der Waals surface area contributed by atoms with Crippen LogP contribution in [0.2, 0.25) is 0 Å². The lowest BCUT2D eigenvalue weighted by Crippen LogP contribution is -2.44. The monoisotopic (exact) mass is 473 g/mol. The summed E-state index contributed by atoms with van der Waals surface area (Å²) in [6.07, 6.45) is 3.60. The SMILES string of the molecule is CN(C)C(=O)N1CCC(COc2ncc(-c3cccc(COC(=O)N=C(N)N)c3F)cn2)CC1. The minimum atomic E-state index is -1.01. The van der Waals surface area contributed by atoms with Crippen molar-refractivity contribution >= 4 is 18.1 Å². The van der Waals surface area contributed by atoms with Crippen LogP contribution in [0.3, 0.4) is 0 Å². The van der Waals surface area contributed by atoms with Gasteiger partial charge in [-0.25, -0.2) is 23.9 Å². The zero-order valence-electron chi connectivity index (χ0n) is 19.1. The smallest absolute Gasteiger partial charge is 0.437 e. The molecule has 3 rings (SSSR count). The predicted molar refractivity (Wildman–Crippen MR) is 122 cm³/mol. The molecule has 182 valence electrons. The van der Waals surface area contributed by atoms with Crippen LogP contribution in [0, 0.1) is 11.7 Å². The normalized spacial score (nSPS) is 13.8. The molecule has 11 nitrogen and oxygen atoms in total. The van der Waals surface area contributed by atoms with Crippen molar-refractivity contribution in [3.8, 4) is 17.1 Å². The Morgan fingerprint density at radius 3 is 2.50 bits per heavy atom. The van der Waals surface area contributed by atoms with E-state index in [0.717, 1.165) is 12.8 Å². The van der Waals surface area contributed by atoms with E-state index < -0.39 is 17.9 Å². The third kappa shape index (κ3) is 6.53. The number of hydrogen-bond donors (Lipinski definition) is 2. The van der Waals surface area contributed by atoms with Crippen molar-refractivity contribution < 1.29 is 23.5 Å². The summed E-state index contributed by atoms with van der Waals surface area (Å²) in [5.41, 5.74) is 11.1. The number of hydrogen-bond acceptors (Lipinski definition) is 6. The molecule has 34 heavy (non-hydrogen) atoms. The van der Waals surface area contributed by atoms with E-state index >= 15 is 0 Å². The first-order chi connectivity index (χ1) is 16.2. The van der Waals surface area contributed by atoms with Gasteiger partial charge in [-0.3, -0.25) is 0 Å². The van der Waals surface area contributed by atoms with E-state index in [4.69, 9.17) is 20.9 Å². The van der Waals surface area contributed by atoms with Crippen molar-refractivity contribution in [1.29, 1.82) is 0 Å². The first-order valence-corrected chi connectivity index (χ1v) is 10.7. The molecular formula is C22H28FN7O4. The van der Waals surface area contributed by atoms with Gasteiger partial charge in [-0.1, -0.05) is 18.2 Å². The Kier molecular flexibility index (Phi) is 8.17. The number of carbonyl (C=O) groups is 2. The highest BCUT2D eigenvalue weighted by molar-refractivity contribution is 5.87. The number of guanidine groups is 1. The number of benzene rings is 1. The molecule has 12 heteroatoms. The molecule has 0 radical (unpaired) electrons. The summed E-state index contributed by atoms with van der Waals surface area (Å²) in [7, 11) is 3.48. The highest BCUT2D eigenvalue weighted by Crippen LogP contribution is 2.25. The zero-order chi connectivity index (χ0) is 24.7. The molecule has 1 aromatic heterocycles. The van der Waals surface area contributed by atoms with E-state index in [1.54, 1.807) is 31.1 Å². The fourth-order valence-corrected chi connectivity index (χ4v) is 3.49. The first kappa shape index (κ1) is 24.7. The second kappa shape index (κ2) is 11.3. The molecule has 3 amide bonds. The summed E-state index contributed by atoms with van der Waals surface area (Å²) in [5.74, 6) is -0.717. The minimum absolute atomic E-state index is 0.0153. The van der Waals surface area contributed by atoms with Gasteiger partial charge < -0.3 is 30.7 Å². The summed E-state index contributed by atoms with van der Waals surface area (Å²) < 4.78 is 25.5. The number of likely N-dealkylation sites (tertiary alicyclic amines) is 1. The number of aromatic nitrogens is 2. The number of aliphatic imine (C=N–C) groups is 1. The number of nitrogens with two attached hydrogens (primary N) is 2. The number of halogens is 1. The molecule has 1 aliphatic rings. The second-order valence-corrected chi connectivity index (χ2v) is 8.04. The molecule has 0 unspecified atom stereocenters. The van der Waals surface area contributed by atoms with Crippen LogP contribution in [0.15, 0.2) is 35.6 Å². The Balaban J connectivity index is 1.55. The van der Waals surface area contributed by atoms with Crippen LogP contribution in [-0.4, -0.2) is 71.6 Å². The molecule has 1 aromatic carbocycles. The van der Waals surface area contributed by atoms with Gasteiger partial charge in [-0.2, -0.15) is 0 Å². The Morgan fingerprint density at radius 2 is 1.88 bits per heavy atom. The van der Waals surface area contributed by atoms with Crippen molar-refractivity contribution in [2.24, 2.45) is 22.4 Å². The number of urea groups is 1. The average Bonchev–Trinajstić information content (AvgIpc) is 2.82. The van der Waals surface area contributed by atoms with Gasteiger partial charge in [-0.05, 0) is 18.8 Å². The first-order valence-electron chi connectivity index (χ1n) is 10.7. The van der Waals surface area contributed by atoms with Gasteiger partial charge in [0.1, 0.15) is 12.4 Å². The van der Waals surface area contributed by atoms with Gasteiger partial charge in [0.25, 0.3) is 0 Å². The molecule has 1 fully saturated rings. The molecule has 0 saturated carbocycles. The summed E-state index contributed by atoms with van der Waals surface area (Å²) in [5, 5.41) is 0. The van der Waals surface area contributed by atoms with Crippen LogP contribution in [0.1, 0.15) is 18.4 Å². The molecule has 0 atom stereocenters.